The highest BCUT2D eigenvalue weighted by molar-refractivity contribution is 5.83. The van der Waals surface area contributed by atoms with Gasteiger partial charge >= 0.3 is 12.1 Å². The number of fused-ring (bicyclic) bond motifs is 3. The highest BCUT2D eigenvalue weighted by Crippen LogP contribution is 2.44. The zero-order valence-electron chi connectivity index (χ0n) is 16.3. The van der Waals surface area contributed by atoms with Crippen LogP contribution in [0.5, 0.6) is 0 Å². The van der Waals surface area contributed by atoms with E-state index in [1.54, 1.807) is 6.92 Å². The third kappa shape index (κ3) is 4.08. The van der Waals surface area contributed by atoms with Crippen molar-refractivity contribution in [3.8, 4) is 11.1 Å². The van der Waals surface area contributed by atoms with Crippen LogP contribution in [0.15, 0.2) is 48.5 Å². The number of nitrogens with one attached hydrogen (secondary N) is 1. The van der Waals surface area contributed by atoms with Crippen molar-refractivity contribution in [3.05, 3.63) is 59.7 Å². The van der Waals surface area contributed by atoms with Crippen LogP contribution in [0, 0.1) is 11.8 Å². The Balaban J connectivity index is 1.70. The average molecular weight is 396 g/mol. The summed E-state index contributed by atoms with van der Waals surface area (Å²) in [6, 6.07) is 14.6. The number of carbonyl (C=O) groups is 3. The molecule has 0 bridgehead atoms. The van der Waals surface area contributed by atoms with Crippen LogP contribution < -0.4 is 11.1 Å². The third-order valence-electron chi connectivity index (χ3n) is 5.65. The second-order valence-corrected chi connectivity index (χ2v) is 7.34. The van der Waals surface area contributed by atoms with Crippen molar-refractivity contribution in [2.45, 2.75) is 25.8 Å². The highest BCUT2D eigenvalue weighted by atomic mass is 16.5. The van der Waals surface area contributed by atoms with Crippen LogP contribution in [0.25, 0.3) is 11.1 Å². The topological polar surface area (TPSA) is 119 Å². The molecule has 0 aliphatic heterocycles. The first kappa shape index (κ1) is 20.4. The Morgan fingerprint density at radius 1 is 1.03 bits per heavy atom. The molecule has 2 aromatic rings. The molecule has 0 fully saturated rings. The van der Waals surface area contributed by atoms with Crippen molar-refractivity contribution in [3.63, 3.8) is 0 Å². The summed E-state index contributed by atoms with van der Waals surface area (Å²) in [7, 11) is 0. The van der Waals surface area contributed by atoms with Crippen molar-refractivity contribution in [1.82, 2.24) is 5.32 Å². The van der Waals surface area contributed by atoms with Crippen LogP contribution in [0.3, 0.4) is 0 Å². The van der Waals surface area contributed by atoms with Crippen LogP contribution in [-0.2, 0) is 14.3 Å². The van der Waals surface area contributed by atoms with Crippen LogP contribution in [-0.4, -0.2) is 35.7 Å². The molecule has 2 aromatic carbocycles. The van der Waals surface area contributed by atoms with Gasteiger partial charge in [-0.1, -0.05) is 62.4 Å². The molecule has 0 aromatic heterocycles. The minimum atomic E-state index is -1.28. The number of alkyl carbamates (subject to hydrolysis) is 1. The second-order valence-electron chi connectivity index (χ2n) is 7.34. The number of rotatable bonds is 7. The predicted molar refractivity (Wildman–Crippen MR) is 107 cm³/mol. The Labute approximate surface area is 168 Å². The number of primary amides is 1. The number of carbonyl (C=O) groups excluding carboxylic acids is 2. The maximum absolute atomic E-state index is 12.3. The van der Waals surface area contributed by atoms with Crippen molar-refractivity contribution in [2.24, 2.45) is 17.6 Å². The number of nitrogens with two attached hydrogens (primary N) is 1. The number of benzene rings is 2. The molecule has 1 aliphatic carbocycles. The van der Waals surface area contributed by atoms with Crippen LogP contribution >= 0.6 is 0 Å². The normalized spacial score (nSPS) is 15.5. The van der Waals surface area contributed by atoms with Crippen molar-refractivity contribution in [1.29, 1.82) is 0 Å². The molecule has 0 heterocycles. The van der Waals surface area contributed by atoms with Gasteiger partial charge in [-0.2, -0.15) is 0 Å². The van der Waals surface area contributed by atoms with Gasteiger partial charge in [0.25, 0.3) is 0 Å². The van der Waals surface area contributed by atoms with E-state index in [2.05, 4.69) is 5.32 Å². The molecule has 1 aliphatic rings. The Morgan fingerprint density at radius 2 is 1.55 bits per heavy atom. The fourth-order valence-corrected chi connectivity index (χ4v) is 3.73. The fraction of sp³-hybridized carbons (Fsp3) is 0.318. The molecule has 3 atom stereocenters. The monoisotopic (exact) mass is 396 g/mol. The van der Waals surface area contributed by atoms with E-state index in [9.17, 15) is 19.5 Å². The summed E-state index contributed by atoms with van der Waals surface area (Å²) >= 11 is 0. The number of carboxylic acid groups (broad SMARTS) is 1. The molecule has 3 rings (SSSR count). The molecule has 0 unspecified atom stereocenters. The molecular weight excluding hydrogens is 372 g/mol. The van der Waals surface area contributed by atoms with Gasteiger partial charge in [-0.05, 0) is 28.2 Å². The van der Waals surface area contributed by atoms with E-state index in [0.717, 1.165) is 22.3 Å². The quantitative estimate of drug-likeness (QED) is 0.665. The van der Waals surface area contributed by atoms with E-state index in [1.165, 1.54) is 6.92 Å². The van der Waals surface area contributed by atoms with E-state index in [4.69, 9.17) is 10.5 Å². The number of ether oxygens (including phenoxy) is 1. The van der Waals surface area contributed by atoms with E-state index in [0.29, 0.717) is 0 Å². The lowest BCUT2D eigenvalue weighted by atomic mass is 9.88. The molecule has 29 heavy (non-hydrogen) atoms. The van der Waals surface area contributed by atoms with Gasteiger partial charge in [-0.3, -0.25) is 4.79 Å². The molecular formula is C22H24N2O5. The molecule has 0 radical (unpaired) electrons. The third-order valence-corrected chi connectivity index (χ3v) is 5.65. The van der Waals surface area contributed by atoms with Gasteiger partial charge in [-0.15, -0.1) is 0 Å². The summed E-state index contributed by atoms with van der Waals surface area (Å²) in [5.74, 6) is -3.41. The molecule has 4 N–H and O–H groups in total. The average Bonchev–Trinajstić information content (AvgIpc) is 3.03. The van der Waals surface area contributed by atoms with Gasteiger partial charge in [0.2, 0.25) is 5.91 Å². The van der Waals surface area contributed by atoms with Crippen LogP contribution in [0.4, 0.5) is 4.79 Å². The maximum Gasteiger partial charge on any atom is 0.407 e. The lowest BCUT2D eigenvalue weighted by Gasteiger charge is -2.25. The highest BCUT2D eigenvalue weighted by Gasteiger charge is 2.34. The van der Waals surface area contributed by atoms with E-state index in [-0.39, 0.29) is 12.5 Å². The standard InChI is InChI=1S/C22H24N2O5/c1-12(13(2)20(23)25)19(21(26)27)24-22(28)29-11-18-16-9-5-3-7-14(16)15-8-4-6-10-17(15)18/h3-10,12-13,18-19H,11H2,1-2H3,(H2,23,25)(H,24,28)(H,26,27)/t12-,13+,19+/m1/s1. The molecule has 152 valence electrons. The lowest BCUT2D eigenvalue weighted by Crippen LogP contribution is -2.49. The minimum Gasteiger partial charge on any atom is -0.480 e. The molecule has 0 saturated heterocycles. The predicted octanol–water partition coefficient (Wildman–Crippen LogP) is 2.74. The summed E-state index contributed by atoms with van der Waals surface area (Å²) in [5, 5.41) is 11.8. The van der Waals surface area contributed by atoms with Gasteiger partial charge in [0.1, 0.15) is 12.6 Å². The van der Waals surface area contributed by atoms with Gasteiger partial charge in [-0.25, -0.2) is 9.59 Å². The van der Waals surface area contributed by atoms with Gasteiger partial charge in [0, 0.05) is 11.8 Å². The van der Waals surface area contributed by atoms with Crippen molar-refractivity contribution in [2.75, 3.05) is 6.61 Å². The Hall–Kier alpha value is -3.35. The first-order valence-corrected chi connectivity index (χ1v) is 9.45. The Morgan fingerprint density at radius 3 is 2.03 bits per heavy atom. The largest absolute Gasteiger partial charge is 0.480 e. The van der Waals surface area contributed by atoms with E-state index in [1.807, 2.05) is 48.5 Å². The summed E-state index contributed by atoms with van der Waals surface area (Å²) in [5.41, 5.74) is 9.59. The molecule has 7 nitrogen and oxygen atoms in total. The number of carboxylic acids is 1. The first-order chi connectivity index (χ1) is 13.8. The summed E-state index contributed by atoms with van der Waals surface area (Å²) < 4.78 is 5.38. The molecule has 7 heteroatoms. The van der Waals surface area contributed by atoms with Crippen LogP contribution in [0.1, 0.15) is 30.9 Å². The summed E-state index contributed by atoms with van der Waals surface area (Å²) in [6.07, 6.45) is -0.845. The smallest absolute Gasteiger partial charge is 0.407 e. The maximum atomic E-state index is 12.3. The Kier molecular flexibility index (Phi) is 5.87. The van der Waals surface area contributed by atoms with Crippen molar-refractivity contribution < 1.29 is 24.2 Å². The molecule has 0 saturated carbocycles. The molecule has 2 amide bonds. The number of amides is 2. The lowest BCUT2D eigenvalue weighted by molar-refractivity contribution is -0.141. The van der Waals surface area contributed by atoms with Gasteiger partial charge < -0.3 is 20.9 Å². The zero-order chi connectivity index (χ0) is 21.1. The first-order valence-electron chi connectivity index (χ1n) is 9.45. The second kappa shape index (κ2) is 8.34. The van der Waals surface area contributed by atoms with Gasteiger partial charge in [0.15, 0.2) is 0 Å². The summed E-state index contributed by atoms with van der Waals surface area (Å²) in [6.45, 7) is 3.16. The number of hydrogen-bond donors (Lipinski definition) is 3. The van der Waals surface area contributed by atoms with E-state index < -0.39 is 35.8 Å². The molecule has 0 spiro atoms. The number of aliphatic carboxylic acids is 1. The Bertz CT molecular complexity index is 897. The number of hydrogen-bond acceptors (Lipinski definition) is 4. The van der Waals surface area contributed by atoms with E-state index >= 15 is 0 Å². The SMILES string of the molecule is C[C@H]([C@H](C)C(N)=O)[C@H](NC(=O)OCC1c2ccccc2-c2ccccc21)C(=O)O. The minimum absolute atomic E-state index is 0.0754. The zero-order valence-corrected chi connectivity index (χ0v) is 16.3. The van der Waals surface area contributed by atoms with Crippen LogP contribution in [0.2, 0.25) is 0 Å². The fourth-order valence-electron chi connectivity index (χ4n) is 3.73. The summed E-state index contributed by atoms with van der Waals surface area (Å²) in [4.78, 5) is 35.3. The van der Waals surface area contributed by atoms with Gasteiger partial charge in [0.05, 0.1) is 0 Å². The van der Waals surface area contributed by atoms with Crippen molar-refractivity contribution >= 4 is 18.0 Å².